The summed E-state index contributed by atoms with van der Waals surface area (Å²) in [5.74, 6) is 0. The highest BCUT2D eigenvalue weighted by Gasteiger charge is 1.99. The first-order valence-corrected chi connectivity index (χ1v) is 6.67. The van der Waals surface area contributed by atoms with Gasteiger partial charge in [0.1, 0.15) is 4.60 Å². The van der Waals surface area contributed by atoms with Crippen molar-refractivity contribution in [1.29, 1.82) is 0 Å². The van der Waals surface area contributed by atoms with Crippen LogP contribution in [0.25, 0.3) is 11.0 Å². The maximum absolute atomic E-state index is 4.38. The standard InChI is InChI=1S/C14H11BrN4/c15-14-3-1-2-11(19-14)9-18-10-4-5-12-13(8-10)17-7-6-16-12/h1-8,18H,9H2. The topological polar surface area (TPSA) is 50.7 Å². The van der Waals surface area contributed by atoms with E-state index >= 15 is 0 Å². The fourth-order valence-corrected chi connectivity index (χ4v) is 2.20. The summed E-state index contributed by atoms with van der Waals surface area (Å²) in [6.45, 7) is 0.672. The van der Waals surface area contributed by atoms with Gasteiger partial charge in [0, 0.05) is 18.1 Å². The lowest BCUT2D eigenvalue weighted by atomic mass is 10.2. The van der Waals surface area contributed by atoms with Gasteiger partial charge in [-0.2, -0.15) is 0 Å². The molecule has 0 amide bonds. The molecule has 3 aromatic rings. The Bertz CT molecular complexity index is 714. The highest BCUT2D eigenvalue weighted by atomic mass is 79.9. The summed E-state index contributed by atoms with van der Waals surface area (Å²) < 4.78 is 0.844. The van der Waals surface area contributed by atoms with Crippen LogP contribution < -0.4 is 5.32 Å². The molecule has 2 heterocycles. The van der Waals surface area contributed by atoms with E-state index < -0.39 is 0 Å². The van der Waals surface area contributed by atoms with Gasteiger partial charge < -0.3 is 5.32 Å². The molecule has 4 nitrogen and oxygen atoms in total. The third kappa shape index (κ3) is 2.88. The van der Waals surface area contributed by atoms with Crippen molar-refractivity contribution in [2.24, 2.45) is 0 Å². The Morgan fingerprint density at radius 2 is 1.84 bits per heavy atom. The van der Waals surface area contributed by atoms with Crippen molar-refractivity contribution in [2.75, 3.05) is 5.32 Å². The molecule has 2 aromatic heterocycles. The zero-order valence-electron chi connectivity index (χ0n) is 10.0. The second kappa shape index (κ2) is 5.32. The maximum atomic E-state index is 4.38. The molecular formula is C14H11BrN4. The van der Waals surface area contributed by atoms with Crippen molar-refractivity contribution in [2.45, 2.75) is 6.54 Å². The highest BCUT2D eigenvalue weighted by molar-refractivity contribution is 9.10. The minimum atomic E-state index is 0.672. The van der Waals surface area contributed by atoms with Crippen molar-refractivity contribution in [1.82, 2.24) is 15.0 Å². The van der Waals surface area contributed by atoms with Crippen LogP contribution in [-0.4, -0.2) is 15.0 Å². The zero-order valence-corrected chi connectivity index (χ0v) is 11.6. The smallest absolute Gasteiger partial charge is 0.106 e. The van der Waals surface area contributed by atoms with Crippen molar-refractivity contribution in [3.63, 3.8) is 0 Å². The molecule has 19 heavy (non-hydrogen) atoms. The number of nitrogens with zero attached hydrogens (tertiary/aromatic N) is 3. The average molecular weight is 315 g/mol. The normalized spacial score (nSPS) is 10.6. The molecule has 0 aliphatic heterocycles. The van der Waals surface area contributed by atoms with E-state index in [0.717, 1.165) is 27.0 Å². The zero-order chi connectivity index (χ0) is 13.1. The van der Waals surface area contributed by atoms with Gasteiger partial charge in [0.25, 0.3) is 0 Å². The van der Waals surface area contributed by atoms with Crippen LogP contribution in [0.4, 0.5) is 5.69 Å². The average Bonchev–Trinajstić information content (AvgIpc) is 2.45. The van der Waals surface area contributed by atoms with Gasteiger partial charge in [-0.15, -0.1) is 0 Å². The summed E-state index contributed by atoms with van der Waals surface area (Å²) in [5, 5.41) is 3.33. The van der Waals surface area contributed by atoms with E-state index in [2.05, 4.69) is 36.2 Å². The molecular weight excluding hydrogens is 304 g/mol. The number of benzene rings is 1. The van der Waals surface area contributed by atoms with Gasteiger partial charge in [-0.05, 0) is 46.3 Å². The van der Waals surface area contributed by atoms with Crippen LogP contribution in [0.2, 0.25) is 0 Å². The highest BCUT2D eigenvalue weighted by Crippen LogP contribution is 2.16. The summed E-state index contributed by atoms with van der Waals surface area (Å²) >= 11 is 3.36. The Kier molecular flexibility index (Phi) is 3.37. The lowest BCUT2D eigenvalue weighted by Gasteiger charge is -2.06. The molecule has 0 unspecified atom stereocenters. The minimum Gasteiger partial charge on any atom is -0.379 e. The quantitative estimate of drug-likeness (QED) is 0.753. The van der Waals surface area contributed by atoms with Crippen LogP contribution in [-0.2, 0) is 6.54 Å². The third-order valence-corrected chi connectivity index (χ3v) is 3.16. The van der Waals surface area contributed by atoms with E-state index in [-0.39, 0.29) is 0 Å². The van der Waals surface area contributed by atoms with Gasteiger partial charge in [0.05, 0.1) is 23.3 Å². The fraction of sp³-hybridized carbons (Fsp3) is 0.0714. The summed E-state index contributed by atoms with van der Waals surface area (Å²) in [6, 6.07) is 11.8. The second-order valence-corrected chi connectivity index (χ2v) is 4.88. The summed E-state index contributed by atoms with van der Waals surface area (Å²) in [4.78, 5) is 12.9. The first kappa shape index (κ1) is 12.0. The van der Waals surface area contributed by atoms with E-state index in [0.29, 0.717) is 6.54 Å². The Hall–Kier alpha value is -2.01. The Labute approximate surface area is 119 Å². The van der Waals surface area contributed by atoms with Gasteiger partial charge in [-0.1, -0.05) is 6.07 Å². The SMILES string of the molecule is Brc1cccc(CNc2ccc3nccnc3c2)n1. The predicted molar refractivity (Wildman–Crippen MR) is 78.8 cm³/mol. The van der Waals surface area contributed by atoms with E-state index in [1.54, 1.807) is 12.4 Å². The van der Waals surface area contributed by atoms with E-state index in [9.17, 15) is 0 Å². The molecule has 3 rings (SSSR count). The van der Waals surface area contributed by atoms with Gasteiger partial charge >= 0.3 is 0 Å². The number of rotatable bonds is 3. The van der Waals surface area contributed by atoms with Gasteiger partial charge in [0.2, 0.25) is 0 Å². The van der Waals surface area contributed by atoms with Crippen LogP contribution in [0.3, 0.4) is 0 Å². The predicted octanol–water partition coefficient (Wildman–Crippen LogP) is 3.40. The van der Waals surface area contributed by atoms with Crippen molar-refractivity contribution in [3.05, 3.63) is 59.1 Å². The number of hydrogen-bond donors (Lipinski definition) is 1. The third-order valence-electron chi connectivity index (χ3n) is 2.72. The molecule has 5 heteroatoms. The van der Waals surface area contributed by atoms with Gasteiger partial charge in [-0.25, -0.2) is 4.98 Å². The number of halogens is 1. The van der Waals surface area contributed by atoms with Crippen LogP contribution in [0.1, 0.15) is 5.69 Å². The number of hydrogen-bond acceptors (Lipinski definition) is 4. The lowest BCUT2D eigenvalue weighted by molar-refractivity contribution is 1.03. The van der Waals surface area contributed by atoms with E-state index in [1.165, 1.54) is 0 Å². The van der Waals surface area contributed by atoms with Crippen LogP contribution >= 0.6 is 15.9 Å². The van der Waals surface area contributed by atoms with Crippen molar-refractivity contribution < 1.29 is 0 Å². The van der Waals surface area contributed by atoms with Gasteiger partial charge in [-0.3, -0.25) is 9.97 Å². The van der Waals surface area contributed by atoms with Crippen molar-refractivity contribution in [3.8, 4) is 0 Å². The molecule has 0 fully saturated rings. The van der Waals surface area contributed by atoms with E-state index in [4.69, 9.17) is 0 Å². The van der Waals surface area contributed by atoms with Crippen LogP contribution in [0.15, 0.2) is 53.4 Å². The number of nitrogens with one attached hydrogen (secondary N) is 1. The van der Waals surface area contributed by atoms with Gasteiger partial charge in [0.15, 0.2) is 0 Å². The largest absolute Gasteiger partial charge is 0.379 e. The molecule has 94 valence electrons. The summed E-state index contributed by atoms with van der Waals surface area (Å²) in [7, 11) is 0. The van der Waals surface area contributed by atoms with Crippen molar-refractivity contribution >= 4 is 32.7 Å². The fourth-order valence-electron chi connectivity index (χ4n) is 1.81. The Morgan fingerprint density at radius 3 is 2.68 bits per heavy atom. The molecule has 0 bridgehead atoms. The number of pyridine rings is 1. The molecule has 1 N–H and O–H groups in total. The minimum absolute atomic E-state index is 0.672. The molecule has 0 atom stereocenters. The molecule has 1 aromatic carbocycles. The number of fused-ring (bicyclic) bond motifs is 1. The monoisotopic (exact) mass is 314 g/mol. The molecule has 0 spiro atoms. The molecule has 0 aliphatic rings. The Morgan fingerprint density at radius 1 is 1.00 bits per heavy atom. The van der Waals surface area contributed by atoms with Crippen LogP contribution in [0.5, 0.6) is 0 Å². The summed E-state index contributed by atoms with van der Waals surface area (Å²) in [6.07, 6.45) is 3.39. The molecule has 0 saturated carbocycles. The second-order valence-electron chi connectivity index (χ2n) is 4.07. The molecule has 0 saturated heterocycles. The number of aromatic nitrogens is 3. The lowest BCUT2D eigenvalue weighted by Crippen LogP contribution is -2.01. The number of anilines is 1. The molecule has 0 aliphatic carbocycles. The molecule has 0 radical (unpaired) electrons. The first-order chi connectivity index (χ1) is 9.31. The van der Waals surface area contributed by atoms with Crippen LogP contribution in [0, 0.1) is 0 Å². The maximum Gasteiger partial charge on any atom is 0.106 e. The first-order valence-electron chi connectivity index (χ1n) is 5.87. The van der Waals surface area contributed by atoms with E-state index in [1.807, 2.05) is 36.4 Å². The Balaban J connectivity index is 1.78. The summed E-state index contributed by atoms with van der Waals surface area (Å²) in [5.41, 5.74) is 3.77.